The van der Waals surface area contributed by atoms with E-state index < -0.39 is 0 Å². The summed E-state index contributed by atoms with van der Waals surface area (Å²) < 4.78 is 14.0. The number of carbonyl (C=O) groups is 1. The van der Waals surface area contributed by atoms with Crippen molar-refractivity contribution in [3.05, 3.63) is 29.6 Å². The first-order valence-corrected chi connectivity index (χ1v) is 8.24. The fourth-order valence-electron chi connectivity index (χ4n) is 6.39. The first kappa shape index (κ1) is 12.2. The highest BCUT2D eigenvalue weighted by molar-refractivity contribution is 6.03. The van der Waals surface area contributed by atoms with Crippen LogP contribution in [0.1, 0.15) is 50.0 Å². The molecule has 1 heterocycles. The monoisotopic (exact) mass is 285 g/mol. The highest BCUT2D eigenvalue weighted by Crippen LogP contribution is 2.66. The highest BCUT2D eigenvalue weighted by atomic mass is 19.1. The molecule has 2 nitrogen and oxygen atoms in total. The van der Waals surface area contributed by atoms with Crippen LogP contribution >= 0.6 is 0 Å². The first-order valence-electron chi connectivity index (χ1n) is 8.24. The Morgan fingerprint density at radius 1 is 1.05 bits per heavy atom. The maximum absolute atomic E-state index is 14.0. The number of halogens is 1. The Labute approximate surface area is 124 Å². The lowest BCUT2D eigenvalue weighted by atomic mass is 9.46. The van der Waals surface area contributed by atoms with Crippen LogP contribution in [0.2, 0.25) is 0 Å². The number of rotatable bonds is 1. The number of fused-ring (bicyclic) bond motifs is 1. The largest absolute Gasteiger partial charge is 0.323 e. The van der Waals surface area contributed by atoms with Gasteiger partial charge < -0.3 is 5.32 Å². The SMILES string of the molecule is O=C1Nc2c(F)cccc2C1C12CC3CC(CC(C3)C1)C2. The number of nitrogens with one attached hydrogen (secondary N) is 1. The summed E-state index contributed by atoms with van der Waals surface area (Å²) in [6.07, 6.45) is 7.61. The Balaban J connectivity index is 1.62. The number of anilines is 1. The molecule has 1 aromatic carbocycles. The number of amides is 1. The maximum Gasteiger partial charge on any atom is 0.232 e. The van der Waals surface area contributed by atoms with Crippen LogP contribution in [-0.2, 0) is 4.79 Å². The normalized spacial score (nSPS) is 43.0. The third-order valence-electron chi connectivity index (χ3n) is 6.57. The topological polar surface area (TPSA) is 29.1 Å². The van der Waals surface area contributed by atoms with Gasteiger partial charge in [-0.3, -0.25) is 4.79 Å². The number of benzene rings is 1. The van der Waals surface area contributed by atoms with Crippen molar-refractivity contribution in [1.29, 1.82) is 0 Å². The molecule has 0 radical (unpaired) electrons. The minimum Gasteiger partial charge on any atom is -0.323 e. The molecule has 4 saturated carbocycles. The third-order valence-corrected chi connectivity index (χ3v) is 6.57. The van der Waals surface area contributed by atoms with Gasteiger partial charge in [-0.05, 0) is 73.3 Å². The molecule has 1 atom stereocenters. The maximum atomic E-state index is 14.0. The van der Waals surface area contributed by atoms with Gasteiger partial charge in [0.15, 0.2) is 0 Å². The summed E-state index contributed by atoms with van der Waals surface area (Å²) in [5.41, 5.74) is 1.47. The van der Waals surface area contributed by atoms with Crippen molar-refractivity contribution in [3.63, 3.8) is 0 Å². The van der Waals surface area contributed by atoms with E-state index in [-0.39, 0.29) is 23.1 Å². The molecule has 0 aromatic heterocycles. The molecule has 1 aliphatic heterocycles. The average Bonchev–Trinajstić information content (AvgIpc) is 2.75. The van der Waals surface area contributed by atoms with Crippen molar-refractivity contribution in [1.82, 2.24) is 0 Å². The second kappa shape index (κ2) is 3.88. The highest BCUT2D eigenvalue weighted by Gasteiger charge is 2.57. The van der Waals surface area contributed by atoms with Crippen molar-refractivity contribution < 1.29 is 9.18 Å². The minimum absolute atomic E-state index is 0.0389. The van der Waals surface area contributed by atoms with Gasteiger partial charge in [-0.2, -0.15) is 0 Å². The number of carbonyl (C=O) groups excluding carboxylic acids is 1. The van der Waals surface area contributed by atoms with E-state index in [2.05, 4.69) is 5.32 Å². The van der Waals surface area contributed by atoms with E-state index in [4.69, 9.17) is 0 Å². The van der Waals surface area contributed by atoms with Gasteiger partial charge in [0, 0.05) is 0 Å². The van der Waals surface area contributed by atoms with E-state index in [1.165, 1.54) is 44.6 Å². The molecule has 6 rings (SSSR count). The third kappa shape index (κ3) is 1.55. The van der Waals surface area contributed by atoms with Crippen molar-refractivity contribution in [2.24, 2.45) is 23.2 Å². The zero-order chi connectivity index (χ0) is 14.2. The van der Waals surface area contributed by atoms with Gasteiger partial charge >= 0.3 is 0 Å². The van der Waals surface area contributed by atoms with E-state index in [1.807, 2.05) is 6.07 Å². The molecule has 21 heavy (non-hydrogen) atoms. The molecule has 4 bridgehead atoms. The summed E-state index contributed by atoms with van der Waals surface area (Å²) in [4.78, 5) is 12.6. The molecule has 5 aliphatic rings. The molecule has 1 N–H and O–H groups in total. The summed E-state index contributed by atoms with van der Waals surface area (Å²) >= 11 is 0. The lowest BCUT2D eigenvalue weighted by Gasteiger charge is -2.58. The molecule has 1 unspecified atom stereocenters. The Bertz CT molecular complexity index is 603. The standard InChI is InChI=1S/C18H20FNO/c19-14-3-1-2-13-15(17(21)20-16(13)14)18-7-10-4-11(8-18)6-12(5-10)9-18/h1-3,10-12,15H,4-9H2,(H,20,21). The minimum atomic E-state index is -0.284. The fraction of sp³-hybridized carbons (Fsp3) is 0.611. The number of para-hydroxylation sites is 1. The molecule has 110 valence electrons. The van der Waals surface area contributed by atoms with Crippen LogP contribution in [0.25, 0.3) is 0 Å². The Hall–Kier alpha value is -1.38. The van der Waals surface area contributed by atoms with Crippen molar-refractivity contribution in [3.8, 4) is 0 Å². The molecule has 1 aromatic rings. The lowest BCUT2D eigenvalue weighted by molar-refractivity contribution is -0.127. The van der Waals surface area contributed by atoms with Crippen LogP contribution in [0.5, 0.6) is 0 Å². The lowest BCUT2D eigenvalue weighted by Crippen LogP contribution is -2.50. The number of hydrogen-bond donors (Lipinski definition) is 1. The van der Waals surface area contributed by atoms with Crippen molar-refractivity contribution in [2.45, 2.75) is 44.4 Å². The average molecular weight is 285 g/mol. The molecule has 4 aliphatic carbocycles. The fourth-order valence-corrected chi connectivity index (χ4v) is 6.39. The second-order valence-electron chi connectivity index (χ2n) is 7.91. The van der Waals surface area contributed by atoms with E-state index in [0.29, 0.717) is 5.69 Å². The molecular formula is C18H20FNO. The molecule has 0 saturated heterocycles. The summed E-state index contributed by atoms with van der Waals surface area (Å²) in [6, 6.07) is 5.16. The van der Waals surface area contributed by atoms with Crippen LogP contribution in [0, 0.1) is 29.0 Å². The van der Waals surface area contributed by atoms with E-state index in [9.17, 15) is 9.18 Å². The van der Waals surface area contributed by atoms with Crippen LogP contribution in [0.15, 0.2) is 18.2 Å². The van der Waals surface area contributed by atoms with Gasteiger partial charge in [0.05, 0.1) is 11.6 Å². The number of hydrogen-bond acceptors (Lipinski definition) is 1. The summed E-state index contributed by atoms with van der Waals surface area (Å²) in [7, 11) is 0. The Kier molecular flexibility index (Phi) is 2.25. The second-order valence-corrected chi connectivity index (χ2v) is 7.91. The Morgan fingerprint density at radius 2 is 1.67 bits per heavy atom. The zero-order valence-corrected chi connectivity index (χ0v) is 12.1. The molecule has 1 amide bonds. The Morgan fingerprint density at radius 3 is 2.29 bits per heavy atom. The zero-order valence-electron chi connectivity index (χ0n) is 12.1. The summed E-state index contributed by atoms with van der Waals surface area (Å²) in [5, 5.41) is 2.83. The van der Waals surface area contributed by atoms with Gasteiger partial charge in [0.25, 0.3) is 0 Å². The predicted octanol–water partition coefficient (Wildman–Crippen LogP) is 4.08. The van der Waals surface area contributed by atoms with E-state index in [0.717, 1.165) is 23.3 Å². The first-order chi connectivity index (χ1) is 10.1. The van der Waals surface area contributed by atoms with Crippen molar-refractivity contribution >= 4 is 11.6 Å². The van der Waals surface area contributed by atoms with Crippen LogP contribution in [0.4, 0.5) is 10.1 Å². The van der Waals surface area contributed by atoms with Gasteiger partial charge in [0.2, 0.25) is 5.91 Å². The quantitative estimate of drug-likeness (QED) is 0.827. The van der Waals surface area contributed by atoms with Crippen LogP contribution < -0.4 is 5.32 Å². The van der Waals surface area contributed by atoms with Gasteiger partial charge in [-0.25, -0.2) is 4.39 Å². The molecule has 4 fully saturated rings. The predicted molar refractivity (Wildman–Crippen MR) is 78.4 cm³/mol. The summed E-state index contributed by atoms with van der Waals surface area (Å²) in [6.45, 7) is 0. The molecule has 3 heteroatoms. The van der Waals surface area contributed by atoms with Gasteiger partial charge in [-0.15, -0.1) is 0 Å². The summed E-state index contributed by atoms with van der Waals surface area (Å²) in [5.74, 6) is 2.06. The van der Waals surface area contributed by atoms with Crippen molar-refractivity contribution in [2.75, 3.05) is 5.32 Å². The molecule has 0 spiro atoms. The van der Waals surface area contributed by atoms with E-state index in [1.54, 1.807) is 6.07 Å². The smallest absolute Gasteiger partial charge is 0.232 e. The van der Waals surface area contributed by atoms with Crippen LogP contribution in [0.3, 0.4) is 0 Å². The van der Waals surface area contributed by atoms with Crippen LogP contribution in [-0.4, -0.2) is 5.91 Å². The van der Waals surface area contributed by atoms with Gasteiger partial charge in [0.1, 0.15) is 5.82 Å². The van der Waals surface area contributed by atoms with Gasteiger partial charge in [-0.1, -0.05) is 12.1 Å². The van der Waals surface area contributed by atoms with E-state index >= 15 is 0 Å². The molecular weight excluding hydrogens is 265 g/mol.